The number of aryl methyl sites for hydroxylation is 1. The lowest BCUT2D eigenvalue weighted by Crippen LogP contribution is -2.36. The second-order valence-electron chi connectivity index (χ2n) is 5.49. The minimum atomic E-state index is 0.283. The summed E-state index contributed by atoms with van der Waals surface area (Å²) in [5.41, 5.74) is 2.56. The normalized spacial score (nSPS) is 18.9. The molecule has 3 rings (SSSR count). The highest BCUT2D eigenvalue weighted by atomic mass is 16.5. The lowest BCUT2D eigenvalue weighted by Gasteiger charge is -2.32. The molecule has 21 heavy (non-hydrogen) atoms. The fourth-order valence-electron chi connectivity index (χ4n) is 3.17. The van der Waals surface area contributed by atoms with E-state index in [0.29, 0.717) is 5.92 Å². The molecule has 2 heterocycles. The number of benzene rings is 1. The van der Waals surface area contributed by atoms with Crippen molar-refractivity contribution in [2.45, 2.75) is 32.9 Å². The molecule has 0 amide bonds. The van der Waals surface area contributed by atoms with Crippen molar-refractivity contribution in [3.8, 4) is 5.75 Å². The zero-order valence-electron chi connectivity index (χ0n) is 12.7. The maximum Gasteiger partial charge on any atom is 0.122 e. The van der Waals surface area contributed by atoms with Crippen molar-refractivity contribution in [3.05, 3.63) is 47.8 Å². The van der Waals surface area contributed by atoms with Gasteiger partial charge in [0.25, 0.3) is 0 Å². The maximum absolute atomic E-state index is 5.97. The molecule has 112 valence electrons. The van der Waals surface area contributed by atoms with Crippen LogP contribution < -0.4 is 10.1 Å². The minimum absolute atomic E-state index is 0.283. The van der Waals surface area contributed by atoms with E-state index in [9.17, 15) is 0 Å². The number of hydrogen-bond donors (Lipinski definition) is 1. The molecule has 0 radical (unpaired) electrons. The average molecular weight is 285 g/mol. The maximum atomic E-state index is 5.97. The van der Waals surface area contributed by atoms with E-state index in [2.05, 4.69) is 53.2 Å². The fourth-order valence-corrected chi connectivity index (χ4v) is 3.17. The zero-order valence-corrected chi connectivity index (χ0v) is 12.7. The number of nitrogens with zero attached hydrogens (tertiary/aromatic N) is 2. The Hall–Kier alpha value is -1.81. The third-order valence-electron chi connectivity index (χ3n) is 4.17. The Morgan fingerprint density at radius 1 is 1.33 bits per heavy atom. The van der Waals surface area contributed by atoms with Gasteiger partial charge in [0.2, 0.25) is 0 Å². The quantitative estimate of drug-likeness (QED) is 0.918. The molecule has 0 aliphatic carbocycles. The number of aromatic nitrogens is 2. The molecule has 1 N–H and O–H groups in total. The van der Waals surface area contributed by atoms with Crippen LogP contribution in [0.3, 0.4) is 0 Å². The van der Waals surface area contributed by atoms with E-state index < -0.39 is 0 Å². The molecule has 0 fully saturated rings. The van der Waals surface area contributed by atoms with Gasteiger partial charge in [-0.3, -0.25) is 4.68 Å². The molecule has 0 spiro atoms. The highest BCUT2D eigenvalue weighted by Gasteiger charge is 2.29. The molecule has 2 unspecified atom stereocenters. The first kappa shape index (κ1) is 14.1. The first-order valence-corrected chi connectivity index (χ1v) is 7.79. The van der Waals surface area contributed by atoms with Crippen molar-refractivity contribution in [1.29, 1.82) is 0 Å². The van der Waals surface area contributed by atoms with Crippen LogP contribution in [0, 0.1) is 5.92 Å². The van der Waals surface area contributed by atoms with Gasteiger partial charge < -0.3 is 10.1 Å². The number of rotatable bonds is 5. The number of fused-ring (bicyclic) bond motifs is 1. The van der Waals surface area contributed by atoms with Gasteiger partial charge in [-0.15, -0.1) is 0 Å². The lowest BCUT2D eigenvalue weighted by molar-refractivity contribution is 0.181. The molecule has 1 aromatic heterocycles. The largest absolute Gasteiger partial charge is 0.493 e. The van der Waals surface area contributed by atoms with Crippen molar-refractivity contribution in [1.82, 2.24) is 15.1 Å². The second kappa shape index (κ2) is 6.31. The summed E-state index contributed by atoms with van der Waals surface area (Å²) in [4.78, 5) is 0. The van der Waals surface area contributed by atoms with Crippen molar-refractivity contribution < 1.29 is 4.74 Å². The van der Waals surface area contributed by atoms with Crippen LogP contribution >= 0.6 is 0 Å². The molecule has 0 bridgehead atoms. The number of hydrogen-bond acceptors (Lipinski definition) is 3. The standard InChI is InChI=1S/C17H23N3O/c1-3-18-17(15-9-10-19-20(15)4-2)14-11-13-7-5-6-8-16(13)21-12-14/h5-10,14,17-18H,3-4,11-12H2,1-2H3. The smallest absolute Gasteiger partial charge is 0.122 e. The fraction of sp³-hybridized carbons (Fsp3) is 0.471. The molecule has 4 heteroatoms. The van der Waals surface area contributed by atoms with Gasteiger partial charge in [0.1, 0.15) is 5.75 Å². The molecular weight excluding hydrogens is 262 g/mol. The van der Waals surface area contributed by atoms with E-state index in [0.717, 1.165) is 31.9 Å². The van der Waals surface area contributed by atoms with E-state index in [1.165, 1.54) is 11.3 Å². The second-order valence-corrected chi connectivity index (χ2v) is 5.49. The average Bonchev–Trinajstić information content (AvgIpc) is 3.00. The van der Waals surface area contributed by atoms with Crippen LogP contribution in [0.4, 0.5) is 0 Å². The summed E-state index contributed by atoms with van der Waals surface area (Å²) in [5, 5.41) is 8.03. The number of nitrogens with one attached hydrogen (secondary N) is 1. The Morgan fingerprint density at radius 3 is 3.00 bits per heavy atom. The Balaban J connectivity index is 1.86. The summed E-state index contributed by atoms with van der Waals surface area (Å²) in [6.45, 7) is 6.87. The first-order chi connectivity index (χ1) is 10.3. The van der Waals surface area contributed by atoms with Gasteiger partial charge in [0.05, 0.1) is 18.3 Å². The Bertz CT molecular complexity index is 593. The Morgan fingerprint density at radius 2 is 2.19 bits per heavy atom. The molecule has 1 aliphatic heterocycles. The van der Waals surface area contributed by atoms with Crippen LogP contribution in [-0.2, 0) is 13.0 Å². The number of ether oxygens (including phenoxy) is 1. The SMILES string of the molecule is CCNC(c1ccnn1CC)C1COc2ccccc2C1. The molecule has 1 aromatic carbocycles. The monoisotopic (exact) mass is 285 g/mol. The van der Waals surface area contributed by atoms with Crippen LogP contribution in [0.1, 0.15) is 31.1 Å². The van der Waals surface area contributed by atoms with Gasteiger partial charge in [-0.05, 0) is 37.6 Å². The Kier molecular flexibility index (Phi) is 4.25. The predicted octanol–water partition coefficient (Wildman–Crippen LogP) is 2.80. The third-order valence-corrected chi connectivity index (χ3v) is 4.17. The molecular formula is C17H23N3O. The van der Waals surface area contributed by atoms with Crippen LogP contribution in [-0.4, -0.2) is 22.9 Å². The van der Waals surface area contributed by atoms with Crippen molar-refractivity contribution in [2.75, 3.05) is 13.2 Å². The van der Waals surface area contributed by atoms with Crippen molar-refractivity contribution in [2.24, 2.45) is 5.92 Å². The van der Waals surface area contributed by atoms with Crippen LogP contribution in [0.15, 0.2) is 36.5 Å². The number of para-hydroxylation sites is 1. The van der Waals surface area contributed by atoms with Crippen molar-refractivity contribution >= 4 is 0 Å². The summed E-state index contributed by atoms with van der Waals surface area (Å²) < 4.78 is 8.04. The summed E-state index contributed by atoms with van der Waals surface area (Å²) in [6, 6.07) is 10.8. The van der Waals surface area contributed by atoms with E-state index in [1.54, 1.807) is 0 Å². The highest BCUT2D eigenvalue weighted by Crippen LogP contribution is 2.33. The molecule has 1 aliphatic rings. The molecule has 2 atom stereocenters. The summed E-state index contributed by atoms with van der Waals surface area (Å²) in [7, 11) is 0. The predicted molar refractivity (Wildman–Crippen MR) is 83.4 cm³/mol. The van der Waals surface area contributed by atoms with E-state index >= 15 is 0 Å². The highest BCUT2D eigenvalue weighted by molar-refractivity contribution is 5.35. The molecule has 2 aromatic rings. The van der Waals surface area contributed by atoms with Gasteiger partial charge in [0, 0.05) is 18.7 Å². The molecule has 4 nitrogen and oxygen atoms in total. The van der Waals surface area contributed by atoms with E-state index in [4.69, 9.17) is 4.74 Å². The topological polar surface area (TPSA) is 39.1 Å². The molecule has 0 saturated heterocycles. The van der Waals surface area contributed by atoms with Gasteiger partial charge >= 0.3 is 0 Å². The first-order valence-electron chi connectivity index (χ1n) is 7.79. The minimum Gasteiger partial charge on any atom is -0.493 e. The van der Waals surface area contributed by atoms with Gasteiger partial charge in [-0.1, -0.05) is 25.1 Å². The van der Waals surface area contributed by atoms with E-state index in [-0.39, 0.29) is 6.04 Å². The van der Waals surface area contributed by atoms with Crippen LogP contribution in [0.25, 0.3) is 0 Å². The van der Waals surface area contributed by atoms with Gasteiger partial charge in [0.15, 0.2) is 0 Å². The van der Waals surface area contributed by atoms with Crippen LogP contribution in [0.2, 0.25) is 0 Å². The van der Waals surface area contributed by atoms with Gasteiger partial charge in [-0.25, -0.2) is 0 Å². The van der Waals surface area contributed by atoms with E-state index in [1.807, 2.05) is 12.3 Å². The summed E-state index contributed by atoms with van der Waals surface area (Å²) in [6.07, 6.45) is 2.93. The van der Waals surface area contributed by atoms with Crippen molar-refractivity contribution in [3.63, 3.8) is 0 Å². The van der Waals surface area contributed by atoms with Gasteiger partial charge in [-0.2, -0.15) is 5.10 Å². The summed E-state index contributed by atoms with van der Waals surface area (Å²) >= 11 is 0. The van der Waals surface area contributed by atoms with Crippen LogP contribution in [0.5, 0.6) is 5.75 Å². The zero-order chi connectivity index (χ0) is 14.7. The summed E-state index contributed by atoms with van der Waals surface area (Å²) in [5.74, 6) is 1.47. The lowest BCUT2D eigenvalue weighted by atomic mass is 9.88. The Labute approximate surface area is 126 Å². The molecule has 0 saturated carbocycles. The third kappa shape index (κ3) is 2.81.